The highest BCUT2D eigenvalue weighted by molar-refractivity contribution is 7.85. The Kier molecular flexibility index (Phi) is 14.0. The van der Waals surface area contributed by atoms with E-state index in [0.717, 1.165) is 37.4 Å². The summed E-state index contributed by atoms with van der Waals surface area (Å²) in [5, 5.41) is 10.3. The van der Waals surface area contributed by atoms with Crippen LogP contribution in [0, 0.1) is 5.92 Å². The van der Waals surface area contributed by atoms with Gasteiger partial charge in [0.25, 0.3) is 10.1 Å². The number of aliphatic hydroxyl groups is 1. The fourth-order valence-corrected chi connectivity index (χ4v) is 4.58. The van der Waals surface area contributed by atoms with E-state index in [1.54, 1.807) is 18.2 Å². The van der Waals surface area contributed by atoms with Gasteiger partial charge in [-0.3, -0.25) is 4.55 Å². The molecule has 0 amide bonds. The predicted molar refractivity (Wildman–Crippen MR) is 159 cm³/mol. The lowest BCUT2D eigenvalue weighted by Crippen LogP contribution is -2.34. The van der Waals surface area contributed by atoms with Gasteiger partial charge in [0, 0.05) is 32.1 Å². The molecule has 0 aliphatic carbocycles. The fraction of sp³-hybridized carbons (Fsp3) is 0.419. The number of hydrogen-bond donors (Lipinski definition) is 2. The Hall–Kier alpha value is -2.91. The van der Waals surface area contributed by atoms with E-state index in [-0.39, 0.29) is 4.90 Å². The van der Waals surface area contributed by atoms with Crippen molar-refractivity contribution in [2.45, 2.75) is 57.1 Å². The average Bonchev–Trinajstić information content (AvgIpc) is 3.37. The Morgan fingerprint density at radius 2 is 1.54 bits per heavy atom. The highest BCUT2D eigenvalue weighted by Gasteiger charge is 2.17. The molecule has 0 spiro atoms. The first-order valence-electron chi connectivity index (χ1n) is 13.5. The number of benzene rings is 2. The summed E-state index contributed by atoms with van der Waals surface area (Å²) in [5.41, 5.74) is 3.22. The van der Waals surface area contributed by atoms with Gasteiger partial charge in [-0.05, 0) is 41.2 Å². The summed E-state index contributed by atoms with van der Waals surface area (Å²) in [6, 6.07) is 14.2. The summed E-state index contributed by atoms with van der Waals surface area (Å²) in [6.07, 6.45) is 12.0. The molecule has 1 aliphatic heterocycles. The zero-order valence-corrected chi connectivity index (χ0v) is 24.1. The van der Waals surface area contributed by atoms with E-state index in [9.17, 15) is 13.5 Å². The molecule has 2 aromatic rings. The third-order valence-electron chi connectivity index (χ3n) is 6.52. The summed E-state index contributed by atoms with van der Waals surface area (Å²) >= 11 is 0. The minimum Gasteiger partial charge on any atom is -0.389 e. The molecule has 7 nitrogen and oxygen atoms in total. The maximum Gasteiger partial charge on any atom is 0.294 e. The van der Waals surface area contributed by atoms with Crippen LogP contribution < -0.4 is 0 Å². The molecule has 1 heterocycles. The van der Waals surface area contributed by atoms with Gasteiger partial charge in [-0.15, -0.1) is 0 Å². The van der Waals surface area contributed by atoms with Crippen molar-refractivity contribution < 1.29 is 22.8 Å². The minimum absolute atomic E-state index is 0.104. The van der Waals surface area contributed by atoms with E-state index in [1.165, 1.54) is 37.0 Å². The van der Waals surface area contributed by atoms with Crippen molar-refractivity contribution in [2.24, 2.45) is 5.92 Å². The Morgan fingerprint density at radius 3 is 2.08 bits per heavy atom. The van der Waals surface area contributed by atoms with Crippen LogP contribution in [0.15, 0.2) is 79.0 Å². The van der Waals surface area contributed by atoms with Crippen LogP contribution in [0.5, 0.6) is 0 Å². The molecule has 1 aliphatic rings. The number of ether oxygens (including phenoxy) is 1. The maximum absolute atomic E-state index is 10.6. The Balaban J connectivity index is 0.000000370. The Labute approximate surface area is 234 Å². The van der Waals surface area contributed by atoms with Crippen LogP contribution in [0.4, 0.5) is 0 Å². The van der Waals surface area contributed by atoms with Gasteiger partial charge in [0.05, 0.1) is 24.3 Å². The summed E-state index contributed by atoms with van der Waals surface area (Å²) < 4.78 is 35.5. The highest BCUT2D eigenvalue weighted by atomic mass is 32.2. The summed E-state index contributed by atoms with van der Waals surface area (Å²) in [6.45, 7) is 15.2. The molecule has 2 atom stereocenters. The van der Waals surface area contributed by atoms with Crippen LogP contribution in [-0.2, 0) is 21.4 Å². The van der Waals surface area contributed by atoms with Crippen LogP contribution in [0.25, 0.3) is 12.2 Å². The van der Waals surface area contributed by atoms with Crippen molar-refractivity contribution >= 4 is 22.3 Å². The molecule has 0 saturated carbocycles. The van der Waals surface area contributed by atoms with Crippen molar-refractivity contribution in [1.82, 2.24) is 9.80 Å². The van der Waals surface area contributed by atoms with Crippen molar-refractivity contribution in [3.05, 3.63) is 90.8 Å². The molecule has 0 bridgehead atoms. The second-order valence-corrected chi connectivity index (χ2v) is 11.2. The lowest BCUT2D eigenvalue weighted by molar-refractivity contribution is 0.00675. The monoisotopic (exact) mass is 556 g/mol. The first kappa shape index (κ1) is 32.3. The van der Waals surface area contributed by atoms with Crippen LogP contribution in [-0.4, -0.2) is 60.4 Å². The molecule has 0 saturated heterocycles. The molecule has 0 aromatic heterocycles. The second-order valence-electron chi connectivity index (χ2n) is 9.76. The number of β-amino-alcohol motifs (C(OH)–C–C–N with tert-alkyl or cyclic N) is 1. The van der Waals surface area contributed by atoms with E-state index in [1.807, 2.05) is 6.08 Å². The van der Waals surface area contributed by atoms with Crippen LogP contribution in [0.1, 0.15) is 56.2 Å². The zero-order valence-electron chi connectivity index (χ0n) is 23.3. The van der Waals surface area contributed by atoms with E-state index in [0.29, 0.717) is 19.1 Å². The molecule has 3 rings (SSSR count). The summed E-state index contributed by atoms with van der Waals surface area (Å²) in [7, 11) is -4.06. The number of hydrogen-bond acceptors (Lipinski definition) is 6. The average molecular weight is 557 g/mol. The van der Waals surface area contributed by atoms with Gasteiger partial charge in [0.1, 0.15) is 0 Å². The molecule has 39 heavy (non-hydrogen) atoms. The van der Waals surface area contributed by atoms with Crippen molar-refractivity contribution in [2.75, 3.05) is 26.4 Å². The van der Waals surface area contributed by atoms with E-state index >= 15 is 0 Å². The largest absolute Gasteiger partial charge is 0.389 e. The van der Waals surface area contributed by atoms with Gasteiger partial charge < -0.3 is 19.6 Å². The lowest BCUT2D eigenvalue weighted by Gasteiger charge is -2.24. The van der Waals surface area contributed by atoms with E-state index in [2.05, 4.69) is 73.5 Å². The normalized spacial score (nSPS) is 14.5. The van der Waals surface area contributed by atoms with Crippen LogP contribution in [0.2, 0.25) is 0 Å². The molecule has 2 aromatic carbocycles. The quantitative estimate of drug-likeness (QED) is 0.258. The SMILES string of the molecule is C=Cc1ccc(CN2C=CN(CC(O)COCC(CC)CCCC)C2)cc1.C=Cc1ccc(S(=O)(=O)O)cc1. The van der Waals surface area contributed by atoms with Crippen LogP contribution >= 0.6 is 0 Å². The minimum atomic E-state index is -4.06. The molecule has 8 heteroatoms. The Bertz CT molecular complexity index is 1130. The van der Waals surface area contributed by atoms with Crippen LogP contribution in [0.3, 0.4) is 0 Å². The first-order valence-corrected chi connectivity index (χ1v) is 15.0. The number of rotatable bonds is 15. The molecular weight excluding hydrogens is 512 g/mol. The molecule has 2 unspecified atom stereocenters. The first-order chi connectivity index (χ1) is 18.7. The summed E-state index contributed by atoms with van der Waals surface area (Å²) in [4.78, 5) is 4.28. The second kappa shape index (κ2) is 16.9. The lowest BCUT2D eigenvalue weighted by atomic mass is 10.0. The standard InChI is InChI=1S/C23H36N2O2.C8H8O3S/c1-4-7-8-21(6-3)17-27-18-23(26)16-25-14-13-24(19-25)15-22-11-9-20(5-2)10-12-22;1-2-7-3-5-8(6-4-7)12(9,10)11/h5,9-14,21,23,26H,2,4,6-8,15-19H2,1,3H3;2-6H,1H2,(H,9,10,11). The number of aliphatic hydroxyl groups excluding tert-OH is 1. The molecule has 0 fully saturated rings. The fourth-order valence-electron chi connectivity index (χ4n) is 4.10. The highest BCUT2D eigenvalue weighted by Crippen LogP contribution is 2.15. The summed E-state index contributed by atoms with van der Waals surface area (Å²) in [5.74, 6) is 0.617. The Morgan fingerprint density at radius 1 is 0.949 bits per heavy atom. The van der Waals surface area contributed by atoms with Gasteiger partial charge in [-0.2, -0.15) is 8.42 Å². The van der Waals surface area contributed by atoms with Crippen molar-refractivity contribution in [1.29, 1.82) is 0 Å². The number of nitrogens with zero attached hydrogens (tertiary/aromatic N) is 2. The molecule has 0 radical (unpaired) electrons. The van der Waals surface area contributed by atoms with Crippen molar-refractivity contribution in [3.8, 4) is 0 Å². The van der Waals surface area contributed by atoms with Gasteiger partial charge in [-0.25, -0.2) is 0 Å². The zero-order chi connectivity index (χ0) is 28.7. The van der Waals surface area contributed by atoms with Gasteiger partial charge in [-0.1, -0.05) is 94.8 Å². The van der Waals surface area contributed by atoms with Gasteiger partial charge in [0.15, 0.2) is 0 Å². The third kappa shape index (κ3) is 12.2. The molecule has 2 N–H and O–H groups in total. The predicted octanol–water partition coefficient (Wildman–Crippen LogP) is 6.05. The van der Waals surface area contributed by atoms with E-state index in [4.69, 9.17) is 9.29 Å². The maximum atomic E-state index is 10.6. The third-order valence-corrected chi connectivity index (χ3v) is 7.39. The van der Waals surface area contributed by atoms with Crippen molar-refractivity contribution in [3.63, 3.8) is 0 Å². The topological polar surface area (TPSA) is 90.3 Å². The van der Waals surface area contributed by atoms with Gasteiger partial charge >= 0.3 is 0 Å². The van der Waals surface area contributed by atoms with E-state index < -0.39 is 16.2 Å². The number of unbranched alkanes of at least 4 members (excludes halogenated alkanes) is 1. The van der Waals surface area contributed by atoms with Gasteiger partial charge in [0.2, 0.25) is 0 Å². The smallest absolute Gasteiger partial charge is 0.294 e. The molecular formula is C31H44N2O5S. The molecule has 214 valence electrons.